The van der Waals surface area contributed by atoms with Gasteiger partial charge in [-0.05, 0) is 29.3 Å². The molecule has 162 valence electrons. The van der Waals surface area contributed by atoms with Crippen molar-refractivity contribution in [2.75, 3.05) is 31.1 Å². The Labute approximate surface area is 191 Å². The molecule has 0 atom stereocenters. The van der Waals surface area contributed by atoms with Crippen LogP contribution >= 0.6 is 11.6 Å². The summed E-state index contributed by atoms with van der Waals surface area (Å²) in [5.74, 6) is -0.186. The van der Waals surface area contributed by atoms with Crippen LogP contribution in [-0.4, -0.2) is 46.7 Å². The van der Waals surface area contributed by atoms with Crippen molar-refractivity contribution in [2.45, 2.75) is 6.54 Å². The largest absolute Gasteiger partial charge is 0.369 e. The molecule has 32 heavy (non-hydrogen) atoms. The number of piperazine rings is 1. The van der Waals surface area contributed by atoms with Crippen LogP contribution < -0.4 is 15.5 Å². The lowest BCUT2D eigenvalue weighted by Crippen LogP contribution is -2.44. The van der Waals surface area contributed by atoms with Crippen LogP contribution in [0, 0.1) is 0 Å². The van der Waals surface area contributed by atoms with Gasteiger partial charge < -0.3 is 15.5 Å². The molecule has 1 aliphatic rings. The number of nitrogens with zero attached hydrogens (tertiary/aromatic N) is 4. The van der Waals surface area contributed by atoms with Gasteiger partial charge in [-0.15, -0.1) is 0 Å². The van der Waals surface area contributed by atoms with E-state index in [1.807, 2.05) is 36.4 Å². The van der Waals surface area contributed by atoms with Gasteiger partial charge in [0.2, 0.25) is 0 Å². The Kier molecular flexibility index (Phi) is 5.75. The van der Waals surface area contributed by atoms with E-state index in [0.29, 0.717) is 22.8 Å². The lowest BCUT2D eigenvalue weighted by molar-refractivity contribution is 0.0950. The second-order valence-corrected chi connectivity index (χ2v) is 8.16. The van der Waals surface area contributed by atoms with Gasteiger partial charge in [0, 0.05) is 61.4 Å². The lowest BCUT2D eigenvalue weighted by Gasteiger charge is -2.31. The Morgan fingerprint density at radius 1 is 1.09 bits per heavy atom. The summed E-state index contributed by atoms with van der Waals surface area (Å²) >= 11 is 6.12. The maximum absolute atomic E-state index is 12.8. The van der Waals surface area contributed by atoms with E-state index in [1.165, 1.54) is 5.69 Å². The zero-order valence-corrected chi connectivity index (χ0v) is 18.2. The highest BCUT2D eigenvalue weighted by molar-refractivity contribution is 6.30. The molecule has 2 aromatic carbocycles. The molecule has 0 bridgehead atoms. The third-order valence-corrected chi connectivity index (χ3v) is 5.88. The second kappa shape index (κ2) is 8.98. The molecule has 2 N–H and O–H groups in total. The first-order chi connectivity index (χ1) is 15.7. The highest BCUT2D eigenvalue weighted by Crippen LogP contribution is 2.26. The van der Waals surface area contributed by atoms with Crippen molar-refractivity contribution in [3.05, 3.63) is 83.3 Å². The third-order valence-electron chi connectivity index (χ3n) is 5.64. The molecule has 5 rings (SSSR count). The quantitative estimate of drug-likeness (QED) is 0.491. The average molecular weight is 447 g/mol. The number of benzene rings is 2. The minimum absolute atomic E-state index is 0.186. The van der Waals surface area contributed by atoms with Crippen molar-refractivity contribution in [2.24, 2.45) is 0 Å². The number of hydrogen-bond donors (Lipinski definition) is 2. The summed E-state index contributed by atoms with van der Waals surface area (Å²) in [6, 6.07) is 15.8. The molecular formula is C24H23ClN6O. The number of carbonyl (C=O) groups is 1. The van der Waals surface area contributed by atoms with E-state index in [-0.39, 0.29) is 5.91 Å². The summed E-state index contributed by atoms with van der Waals surface area (Å²) in [5.41, 5.74) is 5.19. The van der Waals surface area contributed by atoms with Crippen molar-refractivity contribution in [3.63, 3.8) is 0 Å². The molecule has 0 unspecified atom stereocenters. The molecule has 1 saturated heterocycles. The van der Waals surface area contributed by atoms with Crippen LogP contribution in [0.2, 0.25) is 5.02 Å². The molecule has 2 aromatic heterocycles. The normalized spacial score (nSPS) is 14.0. The SMILES string of the molecule is O=C(NCc1ccccc1N1CCNCC1)c1cnc2c(-c3cccc(Cl)c3)cnn2c1. The number of anilines is 1. The number of nitrogens with one attached hydrogen (secondary N) is 2. The van der Waals surface area contributed by atoms with E-state index in [1.54, 1.807) is 23.1 Å². The number of halogens is 1. The number of amides is 1. The van der Waals surface area contributed by atoms with Gasteiger partial charge in [-0.2, -0.15) is 5.10 Å². The zero-order chi connectivity index (χ0) is 21.9. The van der Waals surface area contributed by atoms with Gasteiger partial charge in [0.15, 0.2) is 5.65 Å². The summed E-state index contributed by atoms with van der Waals surface area (Å²) in [7, 11) is 0. The maximum atomic E-state index is 12.8. The van der Waals surface area contributed by atoms with E-state index in [9.17, 15) is 4.79 Å². The molecule has 3 heterocycles. The first-order valence-corrected chi connectivity index (χ1v) is 11.0. The maximum Gasteiger partial charge on any atom is 0.254 e. The Balaban J connectivity index is 1.33. The highest BCUT2D eigenvalue weighted by atomic mass is 35.5. The fourth-order valence-electron chi connectivity index (χ4n) is 4.00. The zero-order valence-electron chi connectivity index (χ0n) is 17.5. The first kappa shape index (κ1) is 20.5. The molecule has 1 amide bonds. The molecule has 0 aliphatic carbocycles. The van der Waals surface area contributed by atoms with Crippen molar-refractivity contribution in [1.29, 1.82) is 0 Å². The van der Waals surface area contributed by atoms with E-state index < -0.39 is 0 Å². The van der Waals surface area contributed by atoms with Crippen LogP contribution in [0.3, 0.4) is 0 Å². The highest BCUT2D eigenvalue weighted by Gasteiger charge is 2.16. The Bertz CT molecular complexity index is 1260. The van der Waals surface area contributed by atoms with Gasteiger partial charge >= 0.3 is 0 Å². The fourth-order valence-corrected chi connectivity index (χ4v) is 4.19. The molecular weight excluding hydrogens is 424 g/mol. The lowest BCUT2D eigenvalue weighted by atomic mass is 10.1. The molecule has 4 aromatic rings. The van der Waals surface area contributed by atoms with Crippen LogP contribution in [0.15, 0.2) is 67.1 Å². The first-order valence-electron chi connectivity index (χ1n) is 10.6. The summed E-state index contributed by atoms with van der Waals surface area (Å²) in [4.78, 5) is 19.7. The Morgan fingerprint density at radius 2 is 1.94 bits per heavy atom. The van der Waals surface area contributed by atoms with E-state index in [2.05, 4.69) is 37.7 Å². The summed E-state index contributed by atoms with van der Waals surface area (Å²) < 4.78 is 1.62. The van der Waals surface area contributed by atoms with Crippen molar-refractivity contribution in [1.82, 2.24) is 25.2 Å². The van der Waals surface area contributed by atoms with Gasteiger partial charge in [0.25, 0.3) is 5.91 Å². The number of rotatable bonds is 5. The molecule has 7 nitrogen and oxygen atoms in total. The minimum atomic E-state index is -0.186. The van der Waals surface area contributed by atoms with Gasteiger partial charge in [-0.1, -0.05) is 41.9 Å². The van der Waals surface area contributed by atoms with Gasteiger partial charge in [0.1, 0.15) is 0 Å². The van der Waals surface area contributed by atoms with Crippen LogP contribution in [-0.2, 0) is 6.54 Å². The molecule has 8 heteroatoms. The van der Waals surface area contributed by atoms with Gasteiger partial charge in [-0.3, -0.25) is 4.79 Å². The van der Waals surface area contributed by atoms with E-state index in [4.69, 9.17) is 11.6 Å². The fraction of sp³-hybridized carbons (Fsp3) is 0.208. The topological polar surface area (TPSA) is 74.6 Å². The van der Waals surface area contributed by atoms with E-state index >= 15 is 0 Å². The standard InChI is InChI=1S/C24H23ClN6O/c25-20-6-3-5-17(12-20)21-15-29-31-16-19(14-27-23(21)31)24(32)28-13-18-4-1-2-7-22(18)30-10-8-26-9-11-30/h1-7,12,14-16,26H,8-11,13H2,(H,28,32). The monoisotopic (exact) mass is 446 g/mol. The smallest absolute Gasteiger partial charge is 0.254 e. The number of fused-ring (bicyclic) bond motifs is 1. The van der Waals surface area contributed by atoms with Crippen LogP contribution in [0.5, 0.6) is 0 Å². The predicted molar refractivity (Wildman–Crippen MR) is 126 cm³/mol. The molecule has 0 spiro atoms. The number of para-hydroxylation sites is 1. The average Bonchev–Trinajstić information content (AvgIpc) is 3.27. The van der Waals surface area contributed by atoms with Gasteiger partial charge in [0.05, 0.1) is 11.8 Å². The summed E-state index contributed by atoms with van der Waals surface area (Å²) in [6.07, 6.45) is 5.02. The summed E-state index contributed by atoms with van der Waals surface area (Å²) in [6.45, 7) is 4.30. The number of hydrogen-bond acceptors (Lipinski definition) is 5. The minimum Gasteiger partial charge on any atom is -0.369 e. The van der Waals surface area contributed by atoms with Crippen molar-refractivity contribution in [3.8, 4) is 11.1 Å². The van der Waals surface area contributed by atoms with Crippen LogP contribution in [0.4, 0.5) is 5.69 Å². The number of aromatic nitrogens is 3. The van der Waals surface area contributed by atoms with Crippen LogP contribution in [0.25, 0.3) is 16.8 Å². The van der Waals surface area contributed by atoms with Crippen molar-refractivity contribution < 1.29 is 4.79 Å². The molecule has 1 fully saturated rings. The molecule has 0 saturated carbocycles. The summed E-state index contributed by atoms with van der Waals surface area (Å²) in [5, 5.41) is 11.4. The second-order valence-electron chi connectivity index (χ2n) is 7.73. The molecule has 1 aliphatic heterocycles. The van der Waals surface area contributed by atoms with Gasteiger partial charge in [-0.25, -0.2) is 9.50 Å². The van der Waals surface area contributed by atoms with Crippen molar-refractivity contribution >= 4 is 28.8 Å². The Hall–Kier alpha value is -3.42. The van der Waals surface area contributed by atoms with E-state index in [0.717, 1.165) is 42.9 Å². The van der Waals surface area contributed by atoms with Crippen LogP contribution in [0.1, 0.15) is 15.9 Å². The number of carbonyl (C=O) groups excluding carboxylic acids is 1. The third kappa shape index (κ3) is 4.17. The predicted octanol–water partition coefficient (Wildman–Crippen LogP) is 3.39. The Morgan fingerprint density at radius 3 is 2.78 bits per heavy atom. The molecule has 0 radical (unpaired) electrons.